The van der Waals surface area contributed by atoms with Crippen LogP contribution >= 0.6 is 15.9 Å². The van der Waals surface area contributed by atoms with Gasteiger partial charge in [-0.25, -0.2) is 4.98 Å². The van der Waals surface area contributed by atoms with E-state index >= 15 is 0 Å². The van der Waals surface area contributed by atoms with E-state index in [2.05, 4.69) is 70.9 Å². The van der Waals surface area contributed by atoms with Crippen LogP contribution in [0, 0.1) is 0 Å². The van der Waals surface area contributed by atoms with Gasteiger partial charge in [0.05, 0.1) is 6.54 Å². The molecule has 0 unspecified atom stereocenters. The molecule has 0 saturated carbocycles. The minimum Gasteiger partial charge on any atom is -0.335 e. The molecule has 1 aromatic carbocycles. The van der Waals surface area contributed by atoms with E-state index in [-0.39, 0.29) is 5.41 Å². The van der Waals surface area contributed by atoms with Gasteiger partial charge in [-0.3, -0.25) is 0 Å². The summed E-state index contributed by atoms with van der Waals surface area (Å²) >= 11 is 3.48. The van der Waals surface area contributed by atoms with E-state index in [1.807, 2.05) is 0 Å². The molecule has 0 saturated heterocycles. The second kappa shape index (κ2) is 4.86. The fourth-order valence-corrected chi connectivity index (χ4v) is 2.36. The highest BCUT2D eigenvalue weighted by Gasteiger charge is 2.14. The maximum Gasteiger partial charge on any atom is 0.121 e. The van der Waals surface area contributed by atoms with Gasteiger partial charge < -0.3 is 10.7 Å². The van der Waals surface area contributed by atoms with Crippen molar-refractivity contribution in [2.45, 2.75) is 32.7 Å². The van der Waals surface area contributed by atoms with Crippen LogP contribution in [0.3, 0.4) is 0 Å². The van der Waals surface area contributed by atoms with Crippen molar-refractivity contribution in [3.63, 3.8) is 0 Å². The Labute approximate surface area is 116 Å². The van der Waals surface area contributed by atoms with Crippen LogP contribution in [0.4, 0.5) is 0 Å². The number of halogens is 1. The highest BCUT2D eigenvalue weighted by atomic mass is 79.9. The molecule has 0 bridgehead atoms. The van der Waals surface area contributed by atoms with Gasteiger partial charge >= 0.3 is 0 Å². The lowest BCUT2D eigenvalue weighted by molar-refractivity contribution is 0.590. The van der Waals surface area contributed by atoms with Crippen LogP contribution in [-0.2, 0) is 12.0 Å². The van der Waals surface area contributed by atoms with E-state index in [4.69, 9.17) is 5.73 Å². The Morgan fingerprint density at radius 3 is 2.28 bits per heavy atom. The average Bonchev–Trinajstić information content (AvgIpc) is 2.70. The number of nitrogens with zero attached hydrogens (tertiary/aromatic N) is 1. The Hall–Kier alpha value is -1.13. The highest BCUT2D eigenvalue weighted by Crippen LogP contribution is 2.29. The van der Waals surface area contributed by atoms with Crippen LogP contribution in [0.15, 0.2) is 28.9 Å². The maximum atomic E-state index is 5.58. The van der Waals surface area contributed by atoms with Gasteiger partial charge in [-0.2, -0.15) is 0 Å². The highest BCUT2D eigenvalue weighted by molar-refractivity contribution is 9.10. The fourth-order valence-electron chi connectivity index (χ4n) is 1.81. The normalized spacial score (nSPS) is 11.8. The lowest BCUT2D eigenvalue weighted by Crippen LogP contribution is -2.10. The average molecular weight is 308 g/mol. The Morgan fingerprint density at radius 1 is 1.22 bits per heavy atom. The smallest absolute Gasteiger partial charge is 0.121 e. The molecule has 1 heterocycles. The Bertz CT molecular complexity index is 535. The van der Waals surface area contributed by atoms with Crippen molar-refractivity contribution in [2.75, 3.05) is 0 Å². The molecular weight excluding hydrogens is 290 g/mol. The van der Waals surface area contributed by atoms with Gasteiger partial charge in [0.2, 0.25) is 0 Å². The summed E-state index contributed by atoms with van der Waals surface area (Å²) in [5.41, 5.74) is 9.07. The lowest BCUT2D eigenvalue weighted by Gasteiger charge is -2.18. The summed E-state index contributed by atoms with van der Waals surface area (Å²) in [5.74, 6) is 0.789. The zero-order valence-electron chi connectivity index (χ0n) is 10.9. The molecule has 0 amide bonds. The molecule has 3 N–H and O–H groups in total. The standard InChI is InChI=1S/C14H18BrN3/c1-14(2,3)10-6-4-9(5-7-10)12-13(15)18-11(8-16)17-12/h4-7H,8,16H2,1-3H3,(H,17,18). The molecule has 2 rings (SSSR count). The molecule has 3 nitrogen and oxygen atoms in total. The zero-order chi connectivity index (χ0) is 13.3. The number of benzene rings is 1. The predicted octanol–water partition coefficient (Wildman–Crippen LogP) is 3.60. The van der Waals surface area contributed by atoms with E-state index in [1.165, 1.54) is 5.56 Å². The molecule has 0 radical (unpaired) electrons. The van der Waals surface area contributed by atoms with E-state index in [1.54, 1.807) is 0 Å². The van der Waals surface area contributed by atoms with Crippen LogP contribution < -0.4 is 5.73 Å². The number of hydrogen-bond donors (Lipinski definition) is 2. The van der Waals surface area contributed by atoms with Crippen molar-refractivity contribution in [1.82, 2.24) is 9.97 Å². The molecule has 0 aliphatic heterocycles. The van der Waals surface area contributed by atoms with Crippen LogP contribution in [0.2, 0.25) is 0 Å². The minimum atomic E-state index is 0.170. The van der Waals surface area contributed by atoms with E-state index < -0.39 is 0 Å². The first-order valence-corrected chi connectivity index (χ1v) is 6.76. The molecular formula is C14H18BrN3. The Kier molecular flexibility index (Phi) is 3.59. The first-order valence-electron chi connectivity index (χ1n) is 5.97. The summed E-state index contributed by atoms with van der Waals surface area (Å²) in [5, 5.41) is 0. The summed E-state index contributed by atoms with van der Waals surface area (Å²) in [6, 6.07) is 8.50. The third-order valence-electron chi connectivity index (χ3n) is 2.93. The van der Waals surface area contributed by atoms with Crippen molar-refractivity contribution in [2.24, 2.45) is 5.73 Å². The van der Waals surface area contributed by atoms with Gasteiger partial charge in [-0.1, -0.05) is 45.0 Å². The summed E-state index contributed by atoms with van der Waals surface area (Å²) in [6.07, 6.45) is 0. The van der Waals surface area contributed by atoms with Gasteiger partial charge in [-0.05, 0) is 26.9 Å². The Balaban J connectivity index is 2.37. The maximum absolute atomic E-state index is 5.58. The molecule has 0 fully saturated rings. The largest absolute Gasteiger partial charge is 0.335 e. The number of aromatic amines is 1. The van der Waals surface area contributed by atoms with Gasteiger partial charge in [0.25, 0.3) is 0 Å². The number of imidazole rings is 1. The van der Waals surface area contributed by atoms with Crippen molar-refractivity contribution >= 4 is 15.9 Å². The molecule has 2 aromatic rings. The van der Waals surface area contributed by atoms with Crippen LogP contribution in [0.25, 0.3) is 11.3 Å². The first kappa shape index (κ1) is 13.3. The SMILES string of the molecule is CC(C)(C)c1ccc(-c2nc(CN)[nH]c2Br)cc1. The number of nitrogens with one attached hydrogen (secondary N) is 1. The van der Waals surface area contributed by atoms with E-state index in [0.29, 0.717) is 6.54 Å². The molecule has 18 heavy (non-hydrogen) atoms. The number of aromatic nitrogens is 2. The molecule has 0 atom stereocenters. The second-order valence-corrected chi connectivity index (χ2v) is 6.17. The number of H-pyrrole nitrogens is 1. The number of nitrogens with two attached hydrogens (primary N) is 1. The minimum absolute atomic E-state index is 0.170. The zero-order valence-corrected chi connectivity index (χ0v) is 12.5. The molecule has 1 aromatic heterocycles. The van der Waals surface area contributed by atoms with Gasteiger partial charge in [0.15, 0.2) is 0 Å². The van der Waals surface area contributed by atoms with Crippen molar-refractivity contribution in [1.29, 1.82) is 0 Å². The van der Waals surface area contributed by atoms with Crippen molar-refractivity contribution in [3.8, 4) is 11.3 Å². The molecule has 4 heteroatoms. The number of hydrogen-bond acceptors (Lipinski definition) is 2. The fraction of sp³-hybridized carbons (Fsp3) is 0.357. The Morgan fingerprint density at radius 2 is 1.83 bits per heavy atom. The van der Waals surface area contributed by atoms with Crippen LogP contribution in [0.1, 0.15) is 32.2 Å². The quantitative estimate of drug-likeness (QED) is 0.890. The topological polar surface area (TPSA) is 54.7 Å². The van der Waals surface area contributed by atoms with Gasteiger partial charge in [0.1, 0.15) is 16.1 Å². The van der Waals surface area contributed by atoms with Crippen LogP contribution in [-0.4, -0.2) is 9.97 Å². The summed E-state index contributed by atoms with van der Waals surface area (Å²) in [4.78, 5) is 7.58. The first-order chi connectivity index (χ1) is 8.41. The van der Waals surface area contributed by atoms with E-state index in [0.717, 1.165) is 21.7 Å². The summed E-state index contributed by atoms with van der Waals surface area (Å²) in [7, 11) is 0. The number of rotatable bonds is 2. The summed E-state index contributed by atoms with van der Waals surface area (Å²) in [6.45, 7) is 7.04. The van der Waals surface area contributed by atoms with Gasteiger partial charge in [-0.15, -0.1) is 0 Å². The van der Waals surface area contributed by atoms with Gasteiger partial charge in [0, 0.05) is 5.56 Å². The summed E-state index contributed by atoms with van der Waals surface area (Å²) < 4.78 is 0.881. The van der Waals surface area contributed by atoms with Crippen molar-refractivity contribution in [3.05, 3.63) is 40.3 Å². The monoisotopic (exact) mass is 307 g/mol. The molecule has 0 aliphatic carbocycles. The predicted molar refractivity (Wildman–Crippen MR) is 78.3 cm³/mol. The molecule has 96 valence electrons. The van der Waals surface area contributed by atoms with Crippen molar-refractivity contribution < 1.29 is 0 Å². The third kappa shape index (κ3) is 2.65. The second-order valence-electron chi connectivity index (χ2n) is 5.38. The molecule has 0 aliphatic rings. The van der Waals surface area contributed by atoms with Crippen LogP contribution in [0.5, 0.6) is 0 Å². The third-order valence-corrected chi connectivity index (χ3v) is 3.50. The lowest BCUT2D eigenvalue weighted by atomic mass is 9.86. The molecule has 0 spiro atoms. The van der Waals surface area contributed by atoms with E-state index in [9.17, 15) is 0 Å².